The van der Waals surface area contributed by atoms with Crippen molar-refractivity contribution < 1.29 is 4.79 Å². The van der Waals surface area contributed by atoms with E-state index in [1.807, 2.05) is 31.2 Å². The molecule has 0 aliphatic rings. The van der Waals surface area contributed by atoms with Crippen LogP contribution in [-0.4, -0.2) is 31.1 Å². The minimum absolute atomic E-state index is 0.0128. The fraction of sp³-hybridized carbons (Fsp3) is 0.214. The number of thiazole rings is 1. The van der Waals surface area contributed by atoms with Gasteiger partial charge in [-0.15, -0.1) is 16.4 Å². The number of nitrogens with zero attached hydrogens (tertiary/aromatic N) is 5. The van der Waals surface area contributed by atoms with E-state index in [4.69, 9.17) is 0 Å². The molecule has 112 valence electrons. The smallest absolute Gasteiger partial charge is 0.224 e. The van der Waals surface area contributed by atoms with E-state index in [1.165, 1.54) is 6.33 Å². The van der Waals surface area contributed by atoms with Crippen molar-refractivity contribution in [3.63, 3.8) is 0 Å². The molecule has 1 aromatic carbocycles. The third-order valence-corrected chi connectivity index (χ3v) is 3.96. The van der Waals surface area contributed by atoms with E-state index in [9.17, 15) is 4.79 Å². The Balaban J connectivity index is 1.55. The van der Waals surface area contributed by atoms with Gasteiger partial charge in [0.1, 0.15) is 6.33 Å². The van der Waals surface area contributed by atoms with Crippen LogP contribution >= 0.6 is 11.3 Å². The molecular weight excluding hydrogens is 300 g/mol. The highest BCUT2D eigenvalue weighted by atomic mass is 32.1. The first kappa shape index (κ1) is 14.3. The third kappa shape index (κ3) is 3.53. The SMILES string of the molecule is Cc1ncc(CNC(=O)Cc2ccc(-n3cnnn3)cc2)s1. The minimum Gasteiger partial charge on any atom is -0.351 e. The summed E-state index contributed by atoms with van der Waals surface area (Å²) in [6, 6.07) is 7.55. The zero-order chi connectivity index (χ0) is 15.4. The summed E-state index contributed by atoms with van der Waals surface area (Å²) in [7, 11) is 0. The van der Waals surface area contributed by atoms with Crippen molar-refractivity contribution in [3.05, 3.63) is 52.2 Å². The number of rotatable bonds is 5. The number of hydrogen-bond donors (Lipinski definition) is 1. The van der Waals surface area contributed by atoms with Crippen LogP contribution in [0.5, 0.6) is 0 Å². The average Bonchev–Trinajstić information content (AvgIpc) is 3.17. The van der Waals surface area contributed by atoms with E-state index in [0.717, 1.165) is 21.1 Å². The molecule has 1 N–H and O–H groups in total. The molecule has 0 aliphatic heterocycles. The van der Waals surface area contributed by atoms with Crippen molar-refractivity contribution in [3.8, 4) is 5.69 Å². The average molecular weight is 314 g/mol. The molecule has 0 unspecified atom stereocenters. The Kier molecular flexibility index (Phi) is 4.19. The first-order chi connectivity index (χ1) is 10.7. The van der Waals surface area contributed by atoms with Gasteiger partial charge < -0.3 is 5.32 Å². The molecule has 3 aromatic rings. The van der Waals surface area contributed by atoms with Crippen LogP contribution in [0.2, 0.25) is 0 Å². The topological polar surface area (TPSA) is 85.6 Å². The highest BCUT2D eigenvalue weighted by Gasteiger charge is 2.05. The molecule has 0 bridgehead atoms. The fourth-order valence-corrected chi connectivity index (χ4v) is 2.70. The molecule has 3 rings (SSSR count). The predicted octanol–water partition coefficient (Wildman–Crippen LogP) is 1.29. The van der Waals surface area contributed by atoms with Crippen LogP contribution in [0.1, 0.15) is 15.4 Å². The maximum absolute atomic E-state index is 11.9. The Hall–Kier alpha value is -2.61. The van der Waals surface area contributed by atoms with Crippen LogP contribution in [0.15, 0.2) is 36.8 Å². The van der Waals surface area contributed by atoms with Crippen LogP contribution in [-0.2, 0) is 17.8 Å². The number of aryl methyl sites for hydroxylation is 1. The molecule has 0 saturated carbocycles. The van der Waals surface area contributed by atoms with Crippen molar-refractivity contribution in [1.82, 2.24) is 30.5 Å². The van der Waals surface area contributed by atoms with Crippen molar-refractivity contribution in [1.29, 1.82) is 0 Å². The van der Waals surface area contributed by atoms with Gasteiger partial charge in [-0.3, -0.25) is 4.79 Å². The number of aromatic nitrogens is 5. The van der Waals surface area contributed by atoms with Crippen LogP contribution in [0.4, 0.5) is 0 Å². The van der Waals surface area contributed by atoms with Crippen molar-refractivity contribution in [2.75, 3.05) is 0 Å². The summed E-state index contributed by atoms with van der Waals surface area (Å²) in [6.45, 7) is 2.47. The largest absolute Gasteiger partial charge is 0.351 e. The standard InChI is InChI=1S/C14H14N6OS/c1-10-15-7-13(22-10)8-16-14(21)6-11-2-4-12(5-3-11)20-9-17-18-19-20/h2-5,7,9H,6,8H2,1H3,(H,16,21). The minimum atomic E-state index is -0.0128. The molecule has 0 spiro atoms. The van der Waals surface area contributed by atoms with E-state index >= 15 is 0 Å². The molecule has 2 heterocycles. The first-order valence-electron chi connectivity index (χ1n) is 6.71. The second kappa shape index (κ2) is 6.44. The van der Waals surface area contributed by atoms with E-state index in [1.54, 1.807) is 22.2 Å². The number of nitrogens with one attached hydrogen (secondary N) is 1. The fourth-order valence-electron chi connectivity index (χ4n) is 1.97. The normalized spacial score (nSPS) is 10.6. The monoisotopic (exact) mass is 314 g/mol. The third-order valence-electron chi connectivity index (χ3n) is 3.04. The summed E-state index contributed by atoms with van der Waals surface area (Å²) in [5.74, 6) is -0.0128. The van der Waals surface area contributed by atoms with Crippen molar-refractivity contribution >= 4 is 17.2 Å². The highest BCUT2D eigenvalue weighted by Crippen LogP contribution is 2.11. The number of tetrazole rings is 1. The molecular formula is C14H14N6OS. The lowest BCUT2D eigenvalue weighted by Gasteiger charge is -2.05. The van der Waals surface area contributed by atoms with Crippen LogP contribution in [0.25, 0.3) is 5.69 Å². The lowest BCUT2D eigenvalue weighted by molar-refractivity contribution is -0.120. The Labute approximate surface area is 131 Å². The van der Waals surface area contributed by atoms with Crippen LogP contribution in [0.3, 0.4) is 0 Å². The summed E-state index contributed by atoms with van der Waals surface area (Å²) >= 11 is 1.59. The van der Waals surface area contributed by atoms with Gasteiger partial charge in [-0.25, -0.2) is 9.67 Å². The molecule has 0 atom stereocenters. The van der Waals surface area contributed by atoms with Crippen LogP contribution in [0, 0.1) is 6.92 Å². The lowest BCUT2D eigenvalue weighted by Crippen LogP contribution is -2.24. The Bertz CT molecular complexity index is 750. The highest BCUT2D eigenvalue weighted by molar-refractivity contribution is 7.11. The number of benzene rings is 1. The quantitative estimate of drug-likeness (QED) is 0.767. The van der Waals surface area contributed by atoms with Crippen molar-refractivity contribution in [2.24, 2.45) is 0 Å². The second-order valence-electron chi connectivity index (χ2n) is 4.72. The van der Waals surface area contributed by atoms with E-state index < -0.39 is 0 Å². The molecule has 0 fully saturated rings. The van der Waals surface area contributed by atoms with Gasteiger partial charge in [0.05, 0.1) is 23.7 Å². The first-order valence-corrected chi connectivity index (χ1v) is 7.52. The summed E-state index contributed by atoms with van der Waals surface area (Å²) in [4.78, 5) is 17.2. The van der Waals surface area contributed by atoms with E-state index in [2.05, 4.69) is 25.8 Å². The summed E-state index contributed by atoms with van der Waals surface area (Å²) in [5, 5.41) is 14.9. The van der Waals surface area contributed by atoms with Crippen molar-refractivity contribution in [2.45, 2.75) is 19.9 Å². The van der Waals surface area contributed by atoms with Gasteiger partial charge in [0.15, 0.2) is 0 Å². The van der Waals surface area contributed by atoms with Gasteiger partial charge in [0.2, 0.25) is 5.91 Å². The Morgan fingerprint density at radius 3 is 2.77 bits per heavy atom. The summed E-state index contributed by atoms with van der Waals surface area (Å²) in [6.07, 6.45) is 3.66. The Morgan fingerprint density at radius 2 is 2.14 bits per heavy atom. The number of hydrogen-bond acceptors (Lipinski definition) is 6. The summed E-state index contributed by atoms with van der Waals surface area (Å²) in [5.41, 5.74) is 1.80. The molecule has 7 nitrogen and oxygen atoms in total. The zero-order valence-electron chi connectivity index (χ0n) is 11.9. The van der Waals surface area contributed by atoms with E-state index in [-0.39, 0.29) is 5.91 Å². The van der Waals surface area contributed by atoms with Gasteiger partial charge in [-0.1, -0.05) is 12.1 Å². The molecule has 8 heteroatoms. The zero-order valence-corrected chi connectivity index (χ0v) is 12.7. The van der Waals surface area contributed by atoms with Gasteiger partial charge >= 0.3 is 0 Å². The summed E-state index contributed by atoms with van der Waals surface area (Å²) < 4.78 is 1.57. The molecule has 1 amide bonds. The van der Waals surface area contributed by atoms with E-state index in [0.29, 0.717) is 13.0 Å². The molecule has 22 heavy (non-hydrogen) atoms. The van der Waals surface area contributed by atoms with Crippen LogP contribution < -0.4 is 5.32 Å². The number of carbonyl (C=O) groups is 1. The maximum atomic E-state index is 11.9. The van der Waals surface area contributed by atoms with Gasteiger partial charge in [-0.05, 0) is 35.0 Å². The molecule has 0 aliphatic carbocycles. The van der Waals surface area contributed by atoms with Gasteiger partial charge in [-0.2, -0.15) is 0 Å². The Morgan fingerprint density at radius 1 is 1.32 bits per heavy atom. The lowest BCUT2D eigenvalue weighted by atomic mass is 10.1. The molecule has 0 radical (unpaired) electrons. The molecule has 0 saturated heterocycles. The maximum Gasteiger partial charge on any atom is 0.224 e. The van der Waals surface area contributed by atoms with Gasteiger partial charge in [0.25, 0.3) is 0 Å². The number of carbonyl (C=O) groups excluding carboxylic acids is 1. The predicted molar refractivity (Wildman–Crippen MR) is 81.6 cm³/mol. The van der Waals surface area contributed by atoms with Gasteiger partial charge in [0, 0.05) is 11.1 Å². The second-order valence-corrected chi connectivity index (χ2v) is 6.04. The number of amides is 1. The molecule has 2 aromatic heterocycles.